The summed E-state index contributed by atoms with van der Waals surface area (Å²) in [5, 5.41) is 4.40. The zero-order valence-corrected chi connectivity index (χ0v) is 12.6. The molecule has 2 aromatic rings. The van der Waals surface area contributed by atoms with E-state index in [1.165, 1.54) is 5.56 Å². The zero-order chi connectivity index (χ0) is 14.2. The van der Waals surface area contributed by atoms with Crippen LogP contribution in [0.4, 0.5) is 0 Å². The van der Waals surface area contributed by atoms with Gasteiger partial charge in [0.1, 0.15) is 0 Å². The molecule has 0 fully saturated rings. The maximum atomic E-state index is 6.25. The fourth-order valence-electron chi connectivity index (χ4n) is 2.36. The predicted octanol–water partition coefficient (Wildman–Crippen LogP) is 3.89. The van der Waals surface area contributed by atoms with E-state index in [0.29, 0.717) is 6.04 Å². The molecular formula is C17H21ClN2. The summed E-state index contributed by atoms with van der Waals surface area (Å²) in [6.07, 6.45) is 4.87. The summed E-state index contributed by atoms with van der Waals surface area (Å²) < 4.78 is 0. The van der Waals surface area contributed by atoms with Crippen molar-refractivity contribution in [1.82, 2.24) is 10.3 Å². The Bertz CT molecular complexity index is 513. The number of nitrogens with one attached hydrogen (secondary N) is 1. The quantitative estimate of drug-likeness (QED) is 0.836. The molecule has 0 spiro atoms. The fourth-order valence-corrected chi connectivity index (χ4v) is 2.58. The van der Waals surface area contributed by atoms with E-state index in [4.69, 9.17) is 11.6 Å². The lowest BCUT2D eigenvalue weighted by Gasteiger charge is -2.18. The van der Waals surface area contributed by atoms with Gasteiger partial charge in [0.15, 0.2) is 0 Å². The summed E-state index contributed by atoms with van der Waals surface area (Å²) in [6.45, 7) is 3.11. The maximum Gasteiger partial charge on any atom is 0.0438 e. The van der Waals surface area contributed by atoms with Crippen LogP contribution in [0, 0.1) is 0 Å². The highest BCUT2D eigenvalue weighted by Crippen LogP contribution is 2.18. The van der Waals surface area contributed by atoms with Crippen molar-refractivity contribution < 1.29 is 0 Å². The standard InChI is InChI=1S/C17H21ClN2/c1-2-19-16(11-10-15-8-5-6-12-20-15)13-14-7-3-4-9-17(14)18/h3-9,12,16,19H,2,10-11,13H2,1H3. The molecule has 0 amide bonds. The second-order valence-corrected chi connectivity index (χ2v) is 5.32. The van der Waals surface area contributed by atoms with E-state index < -0.39 is 0 Å². The summed E-state index contributed by atoms with van der Waals surface area (Å²) in [7, 11) is 0. The van der Waals surface area contributed by atoms with Crippen LogP contribution in [0.15, 0.2) is 48.7 Å². The summed E-state index contributed by atoms with van der Waals surface area (Å²) in [5.41, 5.74) is 2.36. The Hall–Kier alpha value is -1.38. The second kappa shape index (κ2) is 8.03. The van der Waals surface area contributed by atoms with Crippen molar-refractivity contribution >= 4 is 11.6 Å². The Morgan fingerprint density at radius 1 is 1.15 bits per heavy atom. The molecule has 1 unspecified atom stereocenters. The Kier molecular flexibility index (Phi) is 6.03. The Morgan fingerprint density at radius 2 is 1.95 bits per heavy atom. The maximum absolute atomic E-state index is 6.25. The van der Waals surface area contributed by atoms with Crippen LogP contribution in [0.25, 0.3) is 0 Å². The van der Waals surface area contributed by atoms with E-state index >= 15 is 0 Å². The number of likely N-dealkylation sites (N-methyl/N-ethyl adjacent to an activating group) is 1. The van der Waals surface area contributed by atoms with Gasteiger partial charge in [-0.3, -0.25) is 4.98 Å². The summed E-state index contributed by atoms with van der Waals surface area (Å²) in [5.74, 6) is 0. The molecule has 1 aromatic carbocycles. The van der Waals surface area contributed by atoms with Gasteiger partial charge >= 0.3 is 0 Å². The normalized spacial score (nSPS) is 12.3. The number of rotatable bonds is 7. The molecule has 1 N–H and O–H groups in total. The summed E-state index contributed by atoms with van der Waals surface area (Å²) >= 11 is 6.25. The van der Waals surface area contributed by atoms with E-state index in [1.807, 2.05) is 36.5 Å². The number of halogens is 1. The van der Waals surface area contributed by atoms with Gasteiger partial charge in [-0.25, -0.2) is 0 Å². The first kappa shape index (κ1) is 15.0. The van der Waals surface area contributed by atoms with Gasteiger partial charge in [0, 0.05) is 23.0 Å². The first-order chi connectivity index (χ1) is 9.79. The van der Waals surface area contributed by atoms with Crippen LogP contribution in [0.3, 0.4) is 0 Å². The first-order valence-electron chi connectivity index (χ1n) is 7.16. The van der Waals surface area contributed by atoms with Gasteiger partial charge in [0.2, 0.25) is 0 Å². The average Bonchev–Trinajstić information content (AvgIpc) is 2.48. The van der Waals surface area contributed by atoms with Crippen molar-refractivity contribution in [2.45, 2.75) is 32.2 Å². The van der Waals surface area contributed by atoms with Crippen molar-refractivity contribution in [2.75, 3.05) is 6.54 Å². The van der Waals surface area contributed by atoms with E-state index in [-0.39, 0.29) is 0 Å². The first-order valence-corrected chi connectivity index (χ1v) is 7.54. The number of hydrogen-bond acceptors (Lipinski definition) is 2. The third-order valence-electron chi connectivity index (χ3n) is 3.39. The molecule has 1 aromatic heterocycles. The molecule has 0 saturated carbocycles. The Morgan fingerprint density at radius 3 is 2.65 bits per heavy atom. The highest BCUT2D eigenvalue weighted by Gasteiger charge is 2.11. The minimum absolute atomic E-state index is 0.432. The second-order valence-electron chi connectivity index (χ2n) is 4.91. The molecule has 1 heterocycles. The minimum atomic E-state index is 0.432. The molecule has 2 nitrogen and oxygen atoms in total. The van der Waals surface area contributed by atoms with Crippen molar-refractivity contribution in [3.8, 4) is 0 Å². The van der Waals surface area contributed by atoms with Crippen LogP contribution in [-0.2, 0) is 12.8 Å². The van der Waals surface area contributed by atoms with Crippen molar-refractivity contribution in [2.24, 2.45) is 0 Å². The van der Waals surface area contributed by atoms with Crippen LogP contribution in [0.2, 0.25) is 5.02 Å². The third-order valence-corrected chi connectivity index (χ3v) is 3.76. The van der Waals surface area contributed by atoms with Gasteiger partial charge in [0.05, 0.1) is 0 Å². The Balaban J connectivity index is 1.95. The highest BCUT2D eigenvalue weighted by molar-refractivity contribution is 6.31. The number of aromatic nitrogens is 1. The lowest BCUT2D eigenvalue weighted by Crippen LogP contribution is -2.31. The van der Waals surface area contributed by atoms with Gasteiger partial charge in [-0.1, -0.05) is 42.8 Å². The van der Waals surface area contributed by atoms with E-state index in [9.17, 15) is 0 Å². The SMILES string of the molecule is CCNC(CCc1ccccn1)Cc1ccccc1Cl. The molecule has 0 bridgehead atoms. The monoisotopic (exact) mass is 288 g/mol. The molecule has 0 saturated heterocycles. The minimum Gasteiger partial charge on any atom is -0.314 e. The Labute approximate surface area is 126 Å². The van der Waals surface area contributed by atoms with Crippen LogP contribution in [-0.4, -0.2) is 17.6 Å². The summed E-state index contributed by atoms with van der Waals surface area (Å²) in [6, 6.07) is 14.6. The largest absolute Gasteiger partial charge is 0.314 e. The fraction of sp³-hybridized carbons (Fsp3) is 0.353. The number of pyridine rings is 1. The van der Waals surface area contributed by atoms with Crippen molar-refractivity contribution in [3.05, 3.63) is 64.9 Å². The lowest BCUT2D eigenvalue weighted by atomic mass is 10.0. The zero-order valence-electron chi connectivity index (χ0n) is 11.8. The van der Waals surface area contributed by atoms with E-state index in [2.05, 4.69) is 29.4 Å². The van der Waals surface area contributed by atoms with Crippen LogP contribution < -0.4 is 5.32 Å². The number of hydrogen-bond donors (Lipinski definition) is 1. The van der Waals surface area contributed by atoms with Gasteiger partial charge in [-0.15, -0.1) is 0 Å². The van der Waals surface area contributed by atoms with Crippen LogP contribution >= 0.6 is 11.6 Å². The molecule has 3 heteroatoms. The number of aryl methyl sites for hydroxylation is 1. The van der Waals surface area contributed by atoms with Crippen molar-refractivity contribution in [1.29, 1.82) is 0 Å². The number of benzene rings is 1. The van der Waals surface area contributed by atoms with E-state index in [0.717, 1.165) is 36.5 Å². The van der Waals surface area contributed by atoms with Gasteiger partial charge < -0.3 is 5.32 Å². The number of nitrogens with zero attached hydrogens (tertiary/aromatic N) is 1. The van der Waals surface area contributed by atoms with Gasteiger partial charge in [0.25, 0.3) is 0 Å². The smallest absolute Gasteiger partial charge is 0.0438 e. The van der Waals surface area contributed by atoms with E-state index in [1.54, 1.807) is 0 Å². The third kappa shape index (κ3) is 4.62. The molecule has 1 atom stereocenters. The predicted molar refractivity (Wildman–Crippen MR) is 85.2 cm³/mol. The molecule has 0 aliphatic rings. The molecule has 0 radical (unpaired) electrons. The average molecular weight is 289 g/mol. The van der Waals surface area contributed by atoms with Crippen LogP contribution in [0.1, 0.15) is 24.6 Å². The molecule has 106 valence electrons. The van der Waals surface area contributed by atoms with Gasteiger partial charge in [-0.05, 0) is 49.6 Å². The van der Waals surface area contributed by atoms with Gasteiger partial charge in [-0.2, -0.15) is 0 Å². The molecule has 0 aliphatic carbocycles. The highest BCUT2D eigenvalue weighted by atomic mass is 35.5. The van der Waals surface area contributed by atoms with Crippen molar-refractivity contribution in [3.63, 3.8) is 0 Å². The molecule has 2 rings (SSSR count). The molecule has 20 heavy (non-hydrogen) atoms. The summed E-state index contributed by atoms with van der Waals surface area (Å²) in [4.78, 5) is 4.38. The molecule has 0 aliphatic heterocycles. The van der Waals surface area contributed by atoms with Crippen LogP contribution in [0.5, 0.6) is 0 Å². The molecular weight excluding hydrogens is 268 g/mol. The topological polar surface area (TPSA) is 24.9 Å². The lowest BCUT2D eigenvalue weighted by molar-refractivity contribution is 0.489.